The van der Waals surface area contributed by atoms with E-state index >= 15 is 0 Å². The van der Waals surface area contributed by atoms with Crippen LogP contribution in [-0.2, 0) is 37.1 Å². The predicted octanol–water partition coefficient (Wildman–Crippen LogP) is 8.18. The van der Waals surface area contributed by atoms with Gasteiger partial charge in [-0.05, 0) is 102 Å². The first-order chi connectivity index (χ1) is 28.6. The number of unbranched alkanes of at least 4 members (excludes halogenated alkanes) is 1. The molecule has 0 aliphatic carbocycles. The molecule has 4 unspecified atom stereocenters. The van der Waals surface area contributed by atoms with Crippen molar-refractivity contribution in [1.82, 2.24) is 10.3 Å². The van der Waals surface area contributed by atoms with Gasteiger partial charge in [-0.1, -0.05) is 63.2 Å². The topological polar surface area (TPSA) is 133 Å². The van der Waals surface area contributed by atoms with Crippen LogP contribution in [0.25, 0.3) is 10.9 Å². The number of carbonyl (C=O) groups is 1. The van der Waals surface area contributed by atoms with Gasteiger partial charge in [0.05, 0.1) is 35.0 Å². The number of aliphatic hydroxyl groups excluding tert-OH is 1. The number of epoxide rings is 1. The molecule has 13 heteroatoms. The van der Waals surface area contributed by atoms with E-state index in [0.29, 0.717) is 41.6 Å². The molecule has 2 bridgehead atoms. The molecule has 3 aliphatic rings. The summed E-state index contributed by atoms with van der Waals surface area (Å²) in [4.78, 5) is 31.0. The minimum absolute atomic E-state index is 0.0174. The fourth-order valence-corrected chi connectivity index (χ4v) is 12.8. The van der Waals surface area contributed by atoms with Crippen LogP contribution in [0.3, 0.4) is 0 Å². The van der Waals surface area contributed by atoms with Gasteiger partial charge in [-0.15, -0.1) is 22.7 Å². The molecule has 60 heavy (non-hydrogen) atoms. The van der Waals surface area contributed by atoms with Crippen molar-refractivity contribution in [2.45, 2.75) is 120 Å². The van der Waals surface area contributed by atoms with E-state index in [4.69, 9.17) is 13.9 Å². The lowest BCUT2D eigenvalue weighted by atomic mass is 9.93. The van der Waals surface area contributed by atoms with Crippen LogP contribution < -0.4 is 10.9 Å². The van der Waals surface area contributed by atoms with Gasteiger partial charge >= 0.3 is 5.97 Å². The number of rotatable bonds is 17. The van der Waals surface area contributed by atoms with Crippen molar-refractivity contribution in [2.24, 2.45) is 0 Å². The van der Waals surface area contributed by atoms with E-state index in [0.717, 1.165) is 59.3 Å². The number of aromatic hydroxyl groups is 1. The number of phenols is 1. The van der Waals surface area contributed by atoms with Crippen LogP contribution in [0.1, 0.15) is 79.0 Å². The van der Waals surface area contributed by atoms with Crippen molar-refractivity contribution in [1.29, 1.82) is 0 Å². The van der Waals surface area contributed by atoms with Crippen LogP contribution in [0.5, 0.6) is 5.75 Å². The van der Waals surface area contributed by atoms with Crippen molar-refractivity contribution in [3.05, 3.63) is 120 Å². The van der Waals surface area contributed by atoms with Gasteiger partial charge in [0.15, 0.2) is 8.32 Å². The first kappa shape index (κ1) is 43.0. The van der Waals surface area contributed by atoms with Gasteiger partial charge in [0.1, 0.15) is 36.1 Å². The summed E-state index contributed by atoms with van der Waals surface area (Å²) in [5, 5.41) is 29.0. The second-order valence-electron chi connectivity index (χ2n) is 18.8. The molecule has 3 saturated heterocycles. The number of quaternary nitrogens is 1. The van der Waals surface area contributed by atoms with Crippen LogP contribution >= 0.6 is 22.7 Å². The Morgan fingerprint density at radius 1 is 0.933 bits per heavy atom. The highest BCUT2D eigenvalue weighted by Gasteiger charge is 2.72. The zero-order valence-electron chi connectivity index (χ0n) is 35.6. The van der Waals surface area contributed by atoms with Gasteiger partial charge in [-0.3, -0.25) is 4.79 Å². The van der Waals surface area contributed by atoms with Crippen molar-refractivity contribution in [3.8, 4) is 5.75 Å². The zero-order chi connectivity index (χ0) is 42.5. The minimum atomic E-state index is -2.43. The number of likely N-dealkylation sites (N-methyl/N-ethyl adjacent to an activating group) is 1. The van der Waals surface area contributed by atoms with E-state index in [1.807, 2.05) is 35.0 Å². The number of H-pyrrole nitrogens is 1. The molecule has 3 aliphatic heterocycles. The Morgan fingerprint density at radius 3 is 2.17 bits per heavy atom. The van der Waals surface area contributed by atoms with Crippen LogP contribution in [0.4, 0.5) is 0 Å². The molecule has 2 aromatic carbocycles. The van der Waals surface area contributed by atoms with E-state index in [9.17, 15) is 19.8 Å². The maximum absolute atomic E-state index is 14.8. The normalized spacial score (nSPS) is 24.4. The summed E-state index contributed by atoms with van der Waals surface area (Å²) in [5.41, 5.74) is 1.98. The average molecular weight is 871 g/mol. The summed E-state index contributed by atoms with van der Waals surface area (Å²) in [7, 11) is -0.0276. The maximum atomic E-state index is 14.8. The van der Waals surface area contributed by atoms with Gasteiger partial charge in [0.2, 0.25) is 11.2 Å². The molecule has 5 atom stereocenters. The van der Waals surface area contributed by atoms with Gasteiger partial charge in [0.25, 0.3) is 0 Å². The number of carbonyl (C=O) groups excluding carboxylic acids is 1. The van der Waals surface area contributed by atoms with Gasteiger partial charge in [0, 0.05) is 30.8 Å². The Balaban J connectivity index is 0.828. The number of thiophene rings is 2. The van der Waals surface area contributed by atoms with Crippen molar-refractivity contribution < 1.29 is 33.4 Å². The number of aryl methyl sites for hydroxylation is 1. The largest absolute Gasteiger partial charge is 0.506 e. The number of hydrogen-bond acceptors (Lipinski definition) is 10. The summed E-state index contributed by atoms with van der Waals surface area (Å²) >= 11 is 3.12. The van der Waals surface area contributed by atoms with Crippen LogP contribution in [0.2, 0.25) is 18.1 Å². The number of pyridine rings is 1. The Labute approximate surface area is 362 Å². The van der Waals surface area contributed by atoms with E-state index in [1.54, 1.807) is 34.8 Å². The smallest absolute Gasteiger partial charge is 0.348 e. The molecule has 4 N–H and O–H groups in total. The maximum Gasteiger partial charge on any atom is 0.348 e. The first-order valence-corrected chi connectivity index (χ1v) is 26.1. The fourth-order valence-electron chi connectivity index (χ4n) is 9.46. The lowest BCUT2D eigenvalue weighted by Gasteiger charge is -2.49. The second-order valence-corrected chi connectivity index (χ2v) is 25.4. The quantitative estimate of drug-likeness (QED) is 0.0242. The van der Waals surface area contributed by atoms with E-state index in [-0.39, 0.29) is 40.6 Å². The third kappa shape index (κ3) is 8.32. The van der Waals surface area contributed by atoms with E-state index in [1.165, 1.54) is 23.3 Å². The summed E-state index contributed by atoms with van der Waals surface area (Å²) in [6, 6.07) is 23.8. The lowest BCUT2D eigenvalue weighted by Crippen LogP contribution is -2.63. The number of esters is 1. The second kappa shape index (κ2) is 16.9. The molecule has 5 aromatic rings. The van der Waals surface area contributed by atoms with Crippen molar-refractivity contribution in [2.75, 3.05) is 26.7 Å². The monoisotopic (exact) mass is 870 g/mol. The number of piperidine rings is 1. The number of aromatic nitrogens is 1. The van der Waals surface area contributed by atoms with Gasteiger partial charge < -0.3 is 38.9 Å². The standard InChI is InChI=1S/C47H59N3O7S2Si/c1-46(2,3)60(5,6)57-47(39-12-9-25-58-39,40-13-10-26-59-40)45(54)55-32-27-35-43-44(56-43)36(28-32)50(35,4)24-8-7-11-30-14-16-31(17-15-30)22-23-48-29-38(52)33-18-20-37(51)42-34(33)19-21-41(53)49-42/h9-10,12-21,25-26,32,35-36,38,43-44,48,52H,7-8,11,22-24,27-29H2,1-6H3,(H-,49,51,53)/p+1/t32?,35?,36?,38-,43?,44?,50?/m0/s1. The SMILES string of the molecule is CC(C)(C)[Si](C)(C)OC(C(=O)OC1CC2C3OC3C(C1)[N+]2(C)CCCCc1ccc(CCNC[C@H](O)c2ccc(O)c3[nH]c(=O)ccc23)cc1)(c1cccs1)c1cccs1. The zero-order valence-corrected chi connectivity index (χ0v) is 38.2. The number of hydrogen-bond donors (Lipinski definition) is 4. The summed E-state index contributed by atoms with van der Waals surface area (Å²) in [5.74, 6) is -0.301. The molecule has 320 valence electrons. The predicted molar refractivity (Wildman–Crippen MR) is 241 cm³/mol. The molecule has 3 aromatic heterocycles. The van der Waals surface area contributed by atoms with E-state index in [2.05, 4.69) is 75.5 Å². The molecule has 3 fully saturated rings. The lowest BCUT2D eigenvalue weighted by molar-refractivity contribution is -0.956. The summed E-state index contributed by atoms with van der Waals surface area (Å²) in [6.45, 7) is 13.2. The van der Waals surface area contributed by atoms with Gasteiger partial charge in [-0.2, -0.15) is 0 Å². The number of ether oxygens (including phenoxy) is 2. The Morgan fingerprint density at radius 2 is 1.57 bits per heavy atom. The molecular weight excluding hydrogens is 811 g/mol. The molecule has 8 rings (SSSR count). The molecule has 0 saturated carbocycles. The summed E-state index contributed by atoms with van der Waals surface area (Å²) < 4.78 is 21.1. The molecular formula is C47H60N3O7S2Si+. The number of nitrogens with one attached hydrogen (secondary N) is 2. The first-order valence-electron chi connectivity index (χ1n) is 21.4. The Bertz CT molecular complexity index is 2270. The Hall–Kier alpha value is -3.66. The van der Waals surface area contributed by atoms with Crippen molar-refractivity contribution in [3.63, 3.8) is 0 Å². The number of morpholine rings is 1. The third-order valence-corrected chi connectivity index (χ3v) is 20.3. The number of aromatic amines is 1. The molecule has 0 spiro atoms. The van der Waals surface area contributed by atoms with Crippen LogP contribution in [0.15, 0.2) is 88.4 Å². The Kier molecular flexibility index (Phi) is 12.1. The highest BCUT2D eigenvalue weighted by atomic mass is 32.1. The van der Waals surface area contributed by atoms with Crippen molar-refractivity contribution >= 4 is 47.9 Å². The molecule has 10 nitrogen and oxygen atoms in total. The average Bonchev–Trinajstić information content (AvgIpc) is 3.48. The van der Waals surface area contributed by atoms with Gasteiger partial charge in [-0.25, -0.2) is 4.79 Å². The molecule has 0 radical (unpaired) electrons. The number of nitrogens with zero attached hydrogens (tertiary/aromatic N) is 1. The summed E-state index contributed by atoms with van der Waals surface area (Å²) in [6.07, 6.45) is 5.22. The number of aliphatic hydroxyl groups is 1. The molecule has 6 heterocycles. The number of phenolic OH excluding ortho intramolecular Hbond substituents is 1. The molecule has 0 amide bonds. The highest BCUT2D eigenvalue weighted by Crippen LogP contribution is 2.54. The van der Waals surface area contributed by atoms with E-state index < -0.39 is 20.0 Å². The highest BCUT2D eigenvalue weighted by molar-refractivity contribution is 7.12. The number of benzene rings is 2. The number of fused-ring (bicyclic) bond motifs is 6. The fraction of sp³-hybridized carbons (Fsp3) is 0.489. The minimum Gasteiger partial charge on any atom is -0.506 e. The van der Waals surface area contributed by atoms with Crippen LogP contribution in [-0.4, -0.2) is 91.0 Å². The van der Waals surface area contributed by atoms with Crippen LogP contribution in [0, 0.1) is 0 Å². The third-order valence-electron chi connectivity index (χ3n) is 13.9.